The number of rotatable bonds is 44. The van der Waals surface area contributed by atoms with Crippen molar-refractivity contribution in [2.75, 3.05) is 13.2 Å². The minimum absolute atomic E-state index is 0.00402. The topological polar surface area (TPSA) is 95.9 Å². The Morgan fingerprint density at radius 2 is 0.855 bits per heavy atom. The van der Waals surface area contributed by atoms with Crippen molar-refractivity contribution in [3.63, 3.8) is 0 Å². The van der Waals surface area contributed by atoms with Gasteiger partial charge in [-0.2, -0.15) is 0 Å². The average molecular weight is 776 g/mol. The molecule has 324 valence electrons. The minimum Gasteiger partial charge on any atom is -0.466 e. The second-order valence-corrected chi connectivity index (χ2v) is 16.4. The van der Waals surface area contributed by atoms with Gasteiger partial charge in [-0.25, -0.2) is 0 Å². The second-order valence-electron chi connectivity index (χ2n) is 16.4. The fourth-order valence-electron chi connectivity index (χ4n) is 7.21. The van der Waals surface area contributed by atoms with Crippen LogP contribution in [0.15, 0.2) is 24.3 Å². The van der Waals surface area contributed by atoms with E-state index < -0.39 is 12.1 Å². The first-order chi connectivity index (χ1) is 27.0. The third-order valence-electron chi connectivity index (χ3n) is 11.0. The molecule has 0 aromatic carbocycles. The summed E-state index contributed by atoms with van der Waals surface area (Å²) in [5, 5.41) is 22.9. The maximum absolute atomic E-state index is 12.4. The van der Waals surface area contributed by atoms with Gasteiger partial charge in [0.25, 0.3) is 0 Å². The summed E-state index contributed by atoms with van der Waals surface area (Å²) in [4.78, 5) is 24.3. The lowest BCUT2D eigenvalue weighted by molar-refractivity contribution is -0.143. The highest BCUT2D eigenvalue weighted by Crippen LogP contribution is 2.15. The Bertz CT molecular complexity index is 858. The molecular weight excluding hydrogens is 683 g/mol. The molecule has 6 nitrogen and oxygen atoms in total. The van der Waals surface area contributed by atoms with Crippen LogP contribution >= 0.6 is 0 Å². The van der Waals surface area contributed by atoms with Crippen LogP contribution in [0.2, 0.25) is 0 Å². The van der Waals surface area contributed by atoms with E-state index in [1.54, 1.807) is 6.08 Å². The summed E-state index contributed by atoms with van der Waals surface area (Å²) in [5.74, 6) is -0.0916. The first-order valence-corrected chi connectivity index (χ1v) is 24.1. The molecule has 0 heterocycles. The Kier molecular flexibility index (Phi) is 43.7. The predicted octanol–water partition coefficient (Wildman–Crippen LogP) is 14.0. The van der Waals surface area contributed by atoms with Gasteiger partial charge in [0.2, 0.25) is 5.91 Å². The van der Waals surface area contributed by atoms with Gasteiger partial charge in [0, 0.05) is 12.8 Å². The molecule has 0 fully saturated rings. The van der Waals surface area contributed by atoms with Crippen LogP contribution in [0.1, 0.15) is 251 Å². The fraction of sp³-hybridized carbons (Fsp3) is 0.878. The van der Waals surface area contributed by atoms with Gasteiger partial charge in [0.15, 0.2) is 0 Å². The SMILES string of the molecule is CCCCCCCCCC/C=C/C(O)C(CO)NC(=O)CCCCCCC/C=C\CCCCCCCCCOC(=O)CCCCCCCCCCCCCC. The van der Waals surface area contributed by atoms with Crippen LogP contribution in [0, 0.1) is 0 Å². The number of carbonyl (C=O) groups excluding carboxylic acids is 2. The Balaban J connectivity index is 3.48. The number of allylic oxidation sites excluding steroid dienone is 3. The summed E-state index contributed by atoms with van der Waals surface area (Å²) >= 11 is 0. The summed E-state index contributed by atoms with van der Waals surface area (Å²) in [5.41, 5.74) is 0. The number of amides is 1. The summed E-state index contributed by atoms with van der Waals surface area (Å²) in [6, 6.07) is -0.637. The first-order valence-electron chi connectivity index (χ1n) is 24.1. The third-order valence-corrected chi connectivity index (χ3v) is 11.0. The largest absolute Gasteiger partial charge is 0.466 e. The van der Waals surface area contributed by atoms with Crippen molar-refractivity contribution in [1.29, 1.82) is 0 Å². The van der Waals surface area contributed by atoms with E-state index in [0.29, 0.717) is 19.4 Å². The summed E-state index contributed by atoms with van der Waals surface area (Å²) in [6.07, 6.45) is 51.7. The smallest absolute Gasteiger partial charge is 0.305 e. The molecule has 0 rings (SSSR count). The number of ether oxygens (including phenoxy) is 1. The number of nitrogens with one attached hydrogen (secondary N) is 1. The maximum Gasteiger partial charge on any atom is 0.305 e. The quantitative estimate of drug-likeness (QED) is 0.0325. The molecule has 0 aliphatic heterocycles. The molecule has 0 radical (unpaired) electrons. The zero-order valence-electron chi connectivity index (χ0n) is 36.7. The van der Waals surface area contributed by atoms with Crippen molar-refractivity contribution in [2.45, 2.75) is 264 Å². The van der Waals surface area contributed by atoms with E-state index in [4.69, 9.17) is 4.74 Å². The highest BCUT2D eigenvalue weighted by molar-refractivity contribution is 5.76. The lowest BCUT2D eigenvalue weighted by Gasteiger charge is -2.20. The number of hydrogen-bond acceptors (Lipinski definition) is 5. The Labute approximate surface area is 341 Å². The van der Waals surface area contributed by atoms with Crippen LogP contribution in [0.3, 0.4) is 0 Å². The molecule has 0 aliphatic carbocycles. The standard InChI is InChI=1S/C49H93NO5/c1-3-5-7-9-11-13-15-23-27-31-35-39-43-49(54)55-44-40-36-32-28-24-21-19-17-16-18-20-22-26-30-34-38-42-48(53)50-46(45-51)47(52)41-37-33-29-25-14-12-10-8-6-4-2/h16,18,37,41,46-47,51-52H,3-15,17,19-36,38-40,42-45H2,1-2H3,(H,50,53)/b18-16-,41-37+. The molecule has 55 heavy (non-hydrogen) atoms. The van der Waals surface area contributed by atoms with Crippen molar-refractivity contribution >= 4 is 11.9 Å². The molecule has 6 heteroatoms. The molecule has 1 amide bonds. The molecule has 0 bridgehead atoms. The van der Waals surface area contributed by atoms with Gasteiger partial charge < -0.3 is 20.3 Å². The minimum atomic E-state index is -0.852. The van der Waals surface area contributed by atoms with Crippen LogP contribution in [0.5, 0.6) is 0 Å². The van der Waals surface area contributed by atoms with E-state index in [0.717, 1.165) is 64.2 Å². The van der Waals surface area contributed by atoms with Gasteiger partial charge in [0.05, 0.1) is 25.4 Å². The first kappa shape index (κ1) is 53.3. The average Bonchev–Trinajstić information content (AvgIpc) is 3.18. The second kappa shape index (κ2) is 45.0. The number of esters is 1. The molecule has 0 saturated carbocycles. The van der Waals surface area contributed by atoms with Crippen molar-refractivity contribution < 1.29 is 24.5 Å². The molecule has 0 aliphatic rings. The number of unbranched alkanes of at least 4 members (excludes halogenated alkanes) is 31. The van der Waals surface area contributed by atoms with Crippen molar-refractivity contribution in [3.05, 3.63) is 24.3 Å². The molecule has 2 atom stereocenters. The number of hydrogen-bond donors (Lipinski definition) is 3. The van der Waals surface area contributed by atoms with E-state index >= 15 is 0 Å². The lowest BCUT2D eigenvalue weighted by atomic mass is 10.0. The zero-order chi connectivity index (χ0) is 40.1. The van der Waals surface area contributed by atoms with Gasteiger partial charge >= 0.3 is 5.97 Å². The lowest BCUT2D eigenvalue weighted by Crippen LogP contribution is -2.45. The van der Waals surface area contributed by atoms with Crippen LogP contribution in [0.25, 0.3) is 0 Å². The number of aliphatic hydroxyl groups excluding tert-OH is 2. The maximum atomic E-state index is 12.4. The monoisotopic (exact) mass is 776 g/mol. The Morgan fingerprint density at radius 1 is 0.491 bits per heavy atom. The summed E-state index contributed by atoms with van der Waals surface area (Å²) < 4.78 is 5.45. The molecular formula is C49H93NO5. The molecule has 0 saturated heterocycles. The highest BCUT2D eigenvalue weighted by Gasteiger charge is 2.18. The van der Waals surface area contributed by atoms with Crippen molar-refractivity contribution in [2.24, 2.45) is 0 Å². The summed E-state index contributed by atoms with van der Waals surface area (Å²) in [6.45, 7) is 4.85. The van der Waals surface area contributed by atoms with Gasteiger partial charge in [-0.15, -0.1) is 0 Å². The highest BCUT2D eigenvalue weighted by atomic mass is 16.5. The fourth-order valence-corrected chi connectivity index (χ4v) is 7.21. The van der Waals surface area contributed by atoms with Gasteiger partial charge in [-0.1, -0.05) is 205 Å². The predicted molar refractivity (Wildman–Crippen MR) is 236 cm³/mol. The van der Waals surface area contributed by atoms with E-state index in [1.807, 2.05) is 6.08 Å². The third kappa shape index (κ3) is 41.8. The van der Waals surface area contributed by atoms with Crippen LogP contribution in [-0.2, 0) is 14.3 Å². The van der Waals surface area contributed by atoms with Gasteiger partial charge in [-0.05, 0) is 57.8 Å². The molecule has 3 N–H and O–H groups in total. The van der Waals surface area contributed by atoms with Crippen molar-refractivity contribution in [3.8, 4) is 0 Å². The molecule has 0 aromatic rings. The zero-order valence-corrected chi connectivity index (χ0v) is 36.7. The number of carbonyl (C=O) groups is 2. The van der Waals surface area contributed by atoms with E-state index in [9.17, 15) is 19.8 Å². The van der Waals surface area contributed by atoms with Crippen LogP contribution in [-0.4, -0.2) is 47.4 Å². The molecule has 2 unspecified atom stereocenters. The van der Waals surface area contributed by atoms with E-state index in [-0.39, 0.29) is 18.5 Å². The summed E-state index contributed by atoms with van der Waals surface area (Å²) in [7, 11) is 0. The molecule has 0 aromatic heterocycles. The van der Waals surface area contributed by atoms with Gasteiger partial charge in [-0.3, -0.25) is 9.59 Å². The Morgan fingerprint density at radius 3 is 1.29 bits per heavy atom. The van der Waals surface area contributed by atoms with Crippen LogP contribution in [0.4, 0.5) is 0 Å². The van der Waals surface area contributed by atoms with Crippen molar-refractivity contribution in [1.82, 2.24) is 5.32 Å². The van der Waals surface area contributed by atoms with E-state index in [1.165, 1.54) is 161 Å². The Hall–Kier alpha value is -1.66. The number of aliphatic hydroxyl groups is 2. The van der Waals surface area contributed by atoms with E-state index in [2.05, 4.69) is 31.3 Å². The van der Waals surface area contributed by atoms with Crippen LogP contribution < -0.4 is 5.32 Å². The normalized spacial score (nSPS) is 12.9. The van der Waals surface area contributed by atoms with Gasteiger partial charge in [0.1, 0.15) is 0 Å². The molecule has 0 spiro atoms.